The van der Waals surface area contributed by atoms with Crippen LogP contribution < -0.4 is 0 Å². The molecule has 0 aromatic rings. The summed E-state index contributed by atoms with van der Waals surface area (Å²) in [5, 5.41) is 8.41. The van der Waals surface area contributed by atoms with E-state index in [1.54, 1.807) is 0 Å². The number of hydrogen-bond acceptors (Lipinski definition) is 1. The minimum absolute atomic E-state index is 0.0841. The molecule has 1 radical (unpaired) electrons. The SMILES string of the molecule is [CH2]CC(CC(=O)O)[Si](C)(C)F. The summed E-state index contributed by atoms with van der Waals surface area (Å²) in [7, 11) is -2.79. The highest BCUT2D eigenvalue weighted by Crippen LogP contribution is 2.29. The van der Waals surface area contributed by atoms with Crippen LogP contribution in [0.15, 0.2) is 0 Å². The average molecular weight is 177 g/mol. The van der Waals surface area contributed by atoms with Crippen molar-refractivity contribution >= 4 is 14.4 Å². The topological polar surface area (TPSA) is 37.3 Å². The van der Waals surface area contributed by atoms with Gasteiger partial charge in [0.15, 0.2) is 0 Å². The first-order valence-corrected chi connectivity index (χ1v) is 6.53. The minimum Gasteiger partial charge on any atom is -0.481 e. The van der Waals surface area contributed by atoms with Crippen LogP contribution >= 0.6 is 0 Å². The van der Waals surface area contributed by atoms with Gasteiger partial charge in [-0.1, -0.05) is 6.92 Å². The third kappa shape index (κ3) is 4.13. The Labute approximate surface area is 67.6 Å². The summed E-state index contributed by atoms with van der Waals surface area (Å²) in [5.74, 6) is -0.933. The molecule has 0 aromatic heterocycles. The van der Waals surface area contributed by atoms with E-state index in [-0.39, 0.29) is 12.0 Å². The molecule has 1 N–H and O–H groups in total. The molecule has 11 heavy (non-hydrogen) atoms. The van der Waals surface area contributed by atoms with Gasteiger partial charge >= 0.3 is 5.97 Å². The molecule has 0 aliphatic carbocycles. The number of rotatable bonds is 4. The number of carbonyl (C=O) groups is 1. The molecule has 0 saturated heterocycles. The van der Waals surface area contributed by atoms with Gasteiger partial charge in [-0.2, -0.15) is 0 Å². The molecule has 0 aliphatic heterocycles. The van der Waals surface area contributed by atoms with E-state index in [2.05, 4.69) is 6.92 Å². The van der Waals surface area contributed by atoms with Gasteiger partial charge in [0.2, 0.25) is 8.41 Å². The Morgan fingerprint density at radius 2 is 2.18 bits per heavy atom. The van der Waals surface area contributed by atoms with Crippen LogP contribution in [0.3, 0.4) is 0 Å². The molecular formula is C7H14FO2Si. The van der Waals surface area contributed by atoms with Gasteiger partial charge in [0.05, 0.1) is 0 Å². The first-order chi connectivity index (χ1) is 4.88. The minimum atomic E-state index is -2.79. The molecule has 0 aliphatic rings. The van der Waals surface area contributed by atoms with Gasteiger partial charge in [0.1, 0.15) is 0 Å². The van der Waals surface area contributed by atoms with Gasteiger partial charge in [0.25, 0.3) is 0 Å². The van der Waals surface area contributed by atoms with Crippen molar-refractivity contribution in [2.45, 2.75) is 31.5 Å². The van der Waals surface area contributed by atoms with Crippen LogP contribution in [0.2, 0.25) is 18.6 Å². The van der Waals surface area contributed by atoms with E-state index >= 15 is 0 Å². The highest BCUT2D eigenvalue weighted by molar-refractivity contribution is 6.72. The highest BCUT2D eigenvalue weighted by atomic mass is 28.4. The van der Waals surface area contributed by atoms with Crippen LogP contribution in [-0.2, 0) is 4.79 Å². The Hall–Kier alpha value is -0.383. The number of carboxylic acid groups (broad SMARTS) is 1. The van der Waals surface area contributed by atoms with Crippen molar-refractivity contribution in [3.63, 3.8) is 0 Å². The van der Waals surface area contributed by atoms with Crippen molar-refractivity contribution < 1.29 is 14.0 Å². The fraction of sp³-hybridized carbons (Fsp3) is 0.714. The van der Waals surface area contributed by atoms with Crippen LogP contribution in [0, 0.1) is 6.92 Å². The van der Waals surface area contributed by atoms with Crippen molar-refractivity contribution in [2.24, 2.45) is 0 Å². The van der Waals surface area contributed by atoms with Gasteiger partial charge in [0, 0.05) is 6.42 Å². The lowest BCUT2D eigenvalue weighted by Gasteiger charge is -2.20. The molecule has 0 aromatic carbocycles. The summed E-state index contributed by atoms with van der Waals surface area (Å²) >= 11 is 0. The van der Waals surface area contributed by atoms with Gasteiger partial charge in [-0.3, -0.25) is 4.79 Å². The molecule has 65 valence electrons. The van der Waals surface area contributed by atoms with Gasteiger partial charge in [-0.25, -0.2) is 0 Å². The predicted octanol–water partition coefficient (Wildman–Crippen LogP) is 2.23. The van der Waals surface area contributed by atoms with E-state index in [9.17, 15) is 8.90 Å². The van der Waals surface area contributed by atoms with Crippen molar-refractivity contribution in [1.82, 2.24) is 0 Å². The third-order valence-electron chi connectivity index (χ3n) is 1.74. The number of halogens is 1. The Morgan fingerprint density at radius 1 is 1.73 bits per heavy atom. The Morgan fingerprint density at radius 3 is 2.27 bits per heavy atom. The van der Waals surface area contributed by atoms with E-state index < -0.39 is 14.4 Å². The van der Waals surface area contributed by atoms with E-state index in [4.69, 9.17) is 5.11 Å². The summed E-state index contributed by atoms with van der Waals surface area (Å²) in [5.41, 5.74) is -0.347. The van der Waals surface area contributed by atoms with Crippen LogP contribution in [0.25, 0.3) is 0 Å². The number of hydrogen-bond donors (Lipinski definition) is 1. The van der Waals surface area contributed by atoms with E-state index in [0.29, 0.717) is 6.42 Å². The second kappa shape index (κ2) is 3.85. The quantitative estimate of drug-likeness (QED) is 0.528. The smallest absolute Gasteiger partial charge is 0.303 e. The lowest BCUT2D eigenvalue weighted by Crippen LogP contribution is -2.28. The van der Waals surface area contributed by atoms with Crippen LogP contribution in [0.4, 0.5) is 4.11 Å². The maximum Gasteiger partial charge on any atom is 0.303 e. The molecule has 0 fully saturated rings. The van der Waals surface area contributed by atoms with Gasteiger partial charge < -0.3 is 9.21 Å². The zero-order valence-corrected chi connectivity index (χ0v) is 7.93. The van der Waals surface area contributed by atoms with E-state index in [1.807, 2.05) is 0 Å². The maximum absolute atomic E-state index is 13.2. The molecule has 1 atom stereocenters. The molecule has 0 bridgehead atoms. The molecule has 0 amide bonds. The summed E-state index contributed by atoms with van der Waals surface area (Å²) in [6.45, 7) is 6.58. The fourth-order valence-corrected chi connectivity index (χ4v) is 2.25. The Bertz CT molecular complexity index is 142. The standard InChI is InChI=1S/C7H14FO2Si/c1-4-6(5-7(9)10)11(2,3)8/h6H,1,4-5H2,2-3H3,(H,9,10). The van der Waals surface area contributed by atoms with E-state index in [0.717, 1.165) is 0 Å². The molecule has 4 heteroatoms. The predicted molar refractivity (Wildman–Crippen MR) is 44.6 cm³/mol. The first kappa shape index (κ1) is 10.6. The van der Waals surface area contributed by atoms with Crippen molar-refractivity contribution in [3.05, 3.63) is 6.92 Å². The zero-order valence-electron chi connectivity index (χ0n) is 6.93. The highest BCUT2D eigenvalue weighted by Gasteiger charge is 2.32. The van der Waals surface area contributed by atoms with Crippen LogP contribution in [0.5, 0.6) is 0 Å². The molecule has 0 heterocycles. The third-order valence-corrected chi connectivity index (χ3v) is 4.17. The second-order valence-corrected chi connectivity index (χ2v) is 7.09. The summed E-state index contributed by atoms with van der Waals surface area (Å²) in [6.07, 6.45) is 0.293. The largest absolute Gasteiger partial charge is 0.481 e. The molecule has 0 saturated carbocycles. The number of carboxylic acids is 1. The summed E-state index contributed by atoms with van der Waals surface area (Å²) < 4.78 is 13.2. The summed E-state index contributed by atoms with van der Waals surface area (Å²) in [4.78, 5) is 10.2. The van der Waals surface area contributed by atoms with Gasteiger partial charge in [-0.15, -0.1) is 0 Å². The van der Waals surface area contributed by atoms with Crippen molar-refractivity contribution in [1.29, 1.82) is 0 Å². The average Bonchev–Trinajstić information content (AvgIpc) is 1.79. The molecule has 1 unspecified atom stereocenters. The van der Waals surface area contributed by atoms with Crippen molar-refractivity contribution in [3.8, 4) is 0 Å². The normalized spacial score (nSPS) is 14.5. The van der Waals surface area contributed by atoms with Crippen molar-refractivity contribution in [2.75, 3.05) is 0 Å². The lowest BCUT2D eigenvalue weighted by molar-refractivity contribution is -0.137. The second-order valence-electron chi connectivity index (χ2n) is 3.15. The first-order valence-electron chi connectivity index (χ1n) is 3.58. The maximum atomic E-state index is 13.2. The van der Waals surface area contributed by atoms with E-state index in [1.165, 1.54) is 13.1 Å². The lowest BCUT2D eigenvalue weighted by atomic mass is 10.2. The molecule has 2 nitrogen and oxygen atoms in total. The molecular weight excluding hydrogens is 163 g/mol. The van der Waals surface area contributed by atoms with Crippen LogP contribution in [-0.4, -0.2) is 19.5 Å². The summed E-state index contributed by atoms with van der Waals surface area (Å²) in [6, 6.07) is 0. The van der Waals surface area contributed by atoms with Crippen LogP contribution in [0.1, 0.15) is 12.8 Å². The Kier molecular flexibility index (Phi) is 3.72. The monoisotopic (exact) mass is 177 g/mol. The fourth-order valence-electron chi connectivity index (χ4n) is 0.899. The Balaban J connectivity index is 4.07. The molecule has 0 rings (SSSR count). The molecule has 0 spiro atoms. The number of aliphatic carboxylic acids is 1. The van der Waals surface area contributed by atoms with Gasteiger partial charge in [-0.05, 0) is 25.1 Å². The zero-order chi connectivity index (χ0) is 9.07.